The number of nitrogens with zero attached hydrogens (tertiary/aromatic N) is 6. The van der Waals surface area contributed by atoms with Crippen molar-refractivity contribution in [2.75, 3.05) is 55.1 Å². The van der Waals surface area contributed by atoms with E-state index in [1.165, 1.54) is 42.3 Å². The molecule has 3 aliphatic rings. The number of hydrogen-bond acceptors (Lipinski definition) is 10. The maximum atomic E-state index is 14.6. The molecule has 7 rings (SSSR count). The summed E-state index contributed by atoms with van der Waals surface area (Å²) in [5.74, 6) is 0.0785. The zero-order chi connectivity index (χ0) is 33.0. The molecular weight excluding hydrogens is 627 g/mol. The highest BCUT2D eigenvalue weighted by Gasteiger charge is 2.39. The van der Waals surface area contributed by atoms with Crippen LogP contribution in [0, 0.1) is 5.82 Å². The van der Waals surface area contributed by atoms with Gasteiger partial charge in [0.1, 0.15) is 17.4 Å². The van der Waals surface area contributed by atoms with Crippen LogP contribution >= 0.6 is 0 Å². The zero-order valence-electron chi connectivity index (χ0n) is 26.1. The van der Waals surface area contributed by atoms with Crippen LogP contribution in [0.25, 0.3) is 16.9 Å². The number of aryl methyl sites for hydroxylation is 2. The second-order valence-corrected chi connectivity index (χ2v) is 14.6. The first-order chi connectivity index (χ1) is 22.5. The van der Waals surface area contributed by atoms with Crippen molar-refractivity contribution < 1.29 is 22.3 Å². The van der Waals surface area contributed by atoms with Crippen molar-refractivity contribution in [1.82, 2.24) is 24.0 Å². The third kappa shape index (κ3) is 5.63. The Morgan fingerprint density at radius 3 is 2.68 bits per heavy atom. The molecule has 15 heteroatoms. The van der Waals surface area contributed by atoms with Crippen LogP contribution in [0.15, 0.2) is 54.0 Å². The van der Waals surface area contributed by atoms with E-state index in [2.05, 4.69) is 37.0 Å². The SMILES string of the molecule is C=CC(=O)Nc1cc(Nc2nccc(-n3c(=O)n4c5c(cc(F)cc53)CCC4)n2)c(OC)cc1N1CC(N2CCC(S(C)(=O)=O)C2)C1. The summed E-state index contributed by atoms with van der Waals surface area (Å²) in [6.07, 6.45) is 6.04. The average Bonchev–Trinajstić information content (AvgIpc) is 3.61. The number of carbonyl (C=O) groups excluding carboxylic acids is 1. The molecule has 246 valence electrons. The fourth-order valence-corrected chi connectivity index (χ4v) is 7.84. The number of likely N-dealkylation sites (tertiary alicyclic amines) is 1. The number of imidazole rings is 1. The van der Waals surface area contributed by atoms with Gasteiger partial charge in [-0.05, 0) is 49.6 Å². The van der Waals surface area contributed by atoms with Gasteiger partial charge in [-0.1, -0.05) is 6.58 Å². The zero-order valence-corrected chi connectivity index (χ0v) is 26.9. The fourth-order valence-electron chi connectivity index (χ4n) is 6.84. The number of ether oxygens (including phenoxy) is 1. The minimum Gasteiger partial charge on any atom is -0.494 e. The Morgan fingerprint density at radius 1 is 1.15 bits per heavy atom. The number of anilines is 4. The van der Waals surface area contributed by atoms with Crippen LogP contribution in [0.4, 0.5) is 27.4 Å². The third-order valence-electron chi connectivity index (χ3n) is 9.27. The Morgan fingerprint density at radius 2 is 1.96 bits per heavy atom. The molecule has 2 aromatic heterocycles. The van der Waals surface area contributed by atoms with Crippen LogP contribution in [0.1, 0.15) is 18.4 Å². The van der Waals surface area contributed by atoms with Crippen LogP contribution in [-0.2, 0) is 27.6 Å². The summed E-state index contributed by atoms with van der Waals surface area (Å²) in [6, 6.07) is 8.14. The number of sulfone groups is 1. The van der Waals surface area contributed by atoms with E-state index in [9.17, 15) is 22.4 Å². The lowest BCUT2D eigenvalue weighted by molar-refractivity contribution is -0.111. The van der Waals surface area contributed by atoms with Crippen molar-refractivity contribution in [2.45, 2.75) is 37.1 Å². The van der Waals surface area contributed by atoms with Crippen LogP contribution in [0.2, 0.25) is 0 Å². The minimum atomic E-state index is -3.09. The second-order valence-electron chi connectivity index (χ2n) is 12.2. The minimum absolute atomic E-state index is 0.160. The first kappa shape index (κ1) is 30.9. The van der Waals surface area contributed by atoms with Crippen molar-refractivity contribution >= 4 is 49.8 Å². The Hall–Kier alpha value is -4.76. The summed E-state index contributed by atoms with van der Waals surface area (Å²) < 4.78 is 47.5. The number of rotatable bonds is 9. The van der Waals surface area contributed by atoms with Gasteiger partial charge in [0.25, 0.3) is 0 Å². The summed E-state index contributed by atoms with van der Waals surface area (Å²) >= 11 is 0. The molecule has 0 saturated carbocycles. The van der Waals surface area contributed by atoms with Crippen molar-refractivity contribution in [3.8, 4) is 11.6 Å². The van der Waals surface area contributed by atoms with Gasteiger partial charge in [-0.15, -0.1) is 0 Å². The molecule has 0 bridgehead atoms. The molecule has 2 fully saturated rings. The van der Waals surface area contributed by atoms with Crippen LogP contribution < -0.4 is 26.0 Å². The van der Waals surface area contributed by atoms with E-state index in [0.29, 0.717) is 67.2 Å². The molecule has 1 unspecified atom stereocenters. The molecule has 5 heterocycles. The number of methoxy groups -OCH3 is 1. The average molecular weight is 663 g/mol. The van der Waals surface area contributed by atoms with E-state index >= 15 is 0 Å². The number of amides is 1. The lowest BCUT2D eigenvalue weighted by atomic mass is 10.0. The fraction of sp³-hybridized carbons (Fsp3) is 0.375. The molecule has 0 aliphatic carbocycles. The van der Waals surface area contributed by atoms with Crippen molar-refractivity contribution in [1.29, 1.82) is 0 Å². The lowest BCUT2D eigenvalue weighted by Gasteiger charge is -2.46. The molecule has 13 nitrogen and oxygen atoms in total. The highest BCUT2D eigenvalue weighted by molar-refractivity contribution is 7.91. The Bertz CT molecular complexity index is 2090. The van der Waals surface area contributed by atoms with Crippen LogP contribution in [0.3, 0.4) is 0 Å². The maximum Gasteiger partial charge on any atom is 0.334 e. The van der Waals surface area contributed by atoms with Gasteiger partial charge in [0.2, 0.25) is 11.9 Å². The summed E-state index contributed by atoms with van der Waals surface area (Å²) in [7, 11) is -1.56. The number of nitrogens with one attached hydrogen (secondary N) is 2. The van der Waals surface area contributed by atoms with Gasteiger partial charge in [-0.25, -0.2) is 27.2 Å². The molecule has 3 aliphatic heterocycles. The van der Waals surface area contributed by atoms with Gasteiger partial charge in [-0.2, -0.15) is 4.98 Å². The molecular formula is C32H35FN8O5S. The topological polar surface area (TPSA) is 144 Å². The lowest BCUT2D eigenvalue weighted by Crippen LogP contribution is -2.59. The number of benzene rings is 2. The van der Waals surface area contributed by atoms with Crippen LogP contribution in [0.5, 0.6) is 5.75 Å². The molecule has 1 atom stereocenters. The quantitative estimate of drug-likeness (QED) is 0.257. The largest absolute Gasteiger partial charge is 0.494 e. The monoisotopic (exact) mass is 662 g/mol. The molecule has 0 spiro atoms. The van der Waals surface area contributed by atoms with E-state index < -0.39 is 21.6 Å². The van der Waals surface area contributed by atoms with E-state index in [4.69, 9.17) is 4.74 Å². The van der Waals surface area contributed by atoms with E-state index in [-0.39, 0.29) is 28.7 Å². The number of hydrogen-bond donors (Lipinski definition) is 2. The van der Waals surface area contributed by atoms with Gasteiger partial charge in [0.05, 0.1) is 40.5 Å². The van der Waals surface area contributed by atoms with E-state index in [1.807, 2.05) is 6.07 Å². The Labute approximate surface area is 270 Å². The van der Waals surface area contributed by atoms with Crippen molar-refractivity contribution in [3.63, 3.8) is 0 Å². The second kappa shape index (κ2) is 11.8. The third-order valence-corrected chi connectivity index (χ3v) is 10.9. The van der Waals surface area contributed by atoms with Gasteiger partial charge in [0, 0.05) is 62.9 Å². The highest BCUT2D eigenvalue weighted by Crippen LogP contribution is 2.41. The molecule has 1 amide bonds. The van der Waals surface area contributed by atoms with E-state index in [0.717, 1.165) is 24.2 Å². The van der Waals surface area contributed by atoms with Gasteiger partial charge in [0.15, 0.2) is 9.84 Å². The number of halogens is 1. The normalized spacial score (nSPS) is 18.3. The van der Waals surface area contributed by atoms with Gasteiger partial charge in [-0.3, -0.25) is 14.3 Å². The summed E-state index contributed by atoms with van der Waals surface area (Å²) in [6.45, 7) is 6.66. The van der Waals surface area contributed by atoms with Gasteiger partial charge >= 0.3 is 5.69 Å². The summed E-state index contributed by atoms with van der Waals surface area (Å²) in [5, 5.41) is 5.69. The standard InChI is InChI=1S/C32H35FN8O5S/c1-4-29(42)35-23-14-24(27(46-2)15-25(23)39-16-21(17-39)38-11-8-22(18-38)47(3,44)45)36-31-34-9-7-28(37-31)41-26-13-20(33)12-19-6-5-10-40(30(19)26)32(41)43/h4,7,9,12-15,21-22H,1,5-6,8,10-11,16-18H2,2-3H3,(H,35,42)(H,34,36,37). The van der Waals surface area contributed by atoms with E-state index in [1.54, 1.807) is 16.7 Å². The van der Waals surface area contributed by atoms with Crippen molar-refractivity contribution in [2.24, 2.45) is 0 Å². The predicted octanol–water partition coefficient (Wildman–Crippen LogP) is 2.85. The molecule has 2 aromatic carbocycles. The summed E-state index contributed by atoms with van der Waals surface area (Å²) in [5.41, 5.74) is 3.34. The molecule has 2 N–H and O–H groups in total. The van der Waals surface area contributed by atoms with Crippen LogP contribution in [-0.4, -0.2) is 89.2 Å². The molecule has 47 heavy (non-hydrogen) atoms. The first-order valence-corrected chi connectivity index (χ1v) is 17.4. The highest BCUT2D eigenvalue weighted by atomic mass is 32.2. The number of carbonyl (C=O) groups is 1. The summed E-state index contributed by atoms with van der Waals surface area (Å²) in [4.78, 5) is 39.2. The molecule has 4 aromatic rings. The van der Waals surface area contributed by atoms with Gasteiger partial charge < -0.3 is 20.3 Å². The maximum absolute atomic E-state index is 14.6. The van der Waals surface area contributed by atoms with Crippen molar-refractivity contribution in [3.05, 3.63) is 71.0 Å². The Kier molecular flexibility index (Phi) is 7.75. The smallest absolute Gasteiger partial charge is 0.334 e. The predicted molar refractivity (Wildman–Crippen MR) is 177 cm³/mol. The number of aromatic nitrogens is 4. The molecule has 0 radical (unpaired) electrons. The molecule has 2 saturated heterocycles. The first-order valence-electron chi connectivity index (χ1n) is 15.4. The Balaban J connectivity index is 1.18.